The van der Waals surface area contributed by atoms with E-state index >= 15 is 0 Å². The summed E-state index contributed by atoms with van der Waals surface area (Å²) in [7, 11) is 0. The third kappa shape index (κ3) is 1.80. The highest BCUT2D eigenvalue weighted by molar-refractivity contribution is 5.99. The van der Waals surface area contributed by atoms with Gasteiger partial charge in [0.2, 0.25) is 5.91 Å². The summed E-state index contributed by atoms with van der Waals surface area (Å²) in [6, 6.07) is 4.62. The number of carbonyl (C=O) groups excluding carboxylic acids is 2. The van der Waals surface area contributed by atoms with Gasteiger partial charge in [0.05, 0.1) is 5.52 Å². The van der Waals surface area contributed by atoms with Gasteiger partial charge in [-0.2, -0.15) is 0 Å². The Morgan fingerprint density at radius 2 is 2.06 bits per heavy atom. The van der Waals surface area contributed by atoms with Crippen molar-refractivity contribution in [2.24, 2.45) is 0 Å². The van der Waals surface area contributed by atoms with E-state index < -0.39 is 11.7 Å². The third-order valence-electron chi connectivity index (χ3n) is 2.54. The zero-order valence-corrected chi connectivity index (χ0v) is 9.52. The summed E-state index contributed by atoms with van der Waals surface area (Å²) in [6.45, 7) is 3.03. The van der Waals surface area contributed by atoms with Gasteiger partial charge in [0.15, 0.2) is 11.4 Å². The van der Waals surface area contributed by atoms with Gasteiger partial charge in [0.1, 0.15) is 0 Å². The zero-order valence-electron chi connectivity index (χ0n) is 9.52. The van der Waals surface area contributed by atoms with Gasteiger partial charge in [-0.15, -0.1) is 0 Å². The SMILES string of the molecule is CCC(=O)c1ccc2c(c1)oc(=O)n2C(C)=O. The lowest BCUT2D eigenvalue weighted by Gasteiger charge is -1.98. The number of rotatable bonds is 2. The fourth-order valence-electron chi connectivity index (χ4n) is 1.69. The van der Waals surface area contributed by atoms with E-state index in [4.69, 9.17) is 4.42 Å². The standard InChI is InChI=1S/C12H11NO4/c1-3-10(15)8-4-5-9-11(6-8)17-12(16)13(9)7(2)14/h4-6H,3H2,1-2H3. The normalized spacial score (nSPS) is 10.7. The van der Waals surface area contributed by atoms with Crippen LogP contribution >= 0.6 is 0 Å². The quantitative estimate of drug-likeness (QED) is 0.742. The summed E-state index contributed by atoms with van der Waals surface area (Å²) >= 11 is 0. The van der Waals surface area contributed by atoms with Gasteiger partial charge in [-0.1, -0.05) is 6.92 Å². The van der Waals surface area contributed by atoms with Gasteiger partial charge in [0, 0.05) is 18.9 Å². The van der Waals surface area contributed by atoms with Crippen LogP contribution in [0.5, 0.6) is 0 Å². The molecule has 1 heterocycles. The zero-order chi connectivity index (χ0) is 12.6. The maximum absolute atomic E-state index is 11.5. The molecule has 0 amide bonds. The summed E-state index contributed by atoms with van der Waals surface area (Å²) in [4.78, 5) is 34.2. The molecular weight excluding hydrogens is 222 g/mol. The van der Waals surface area contributed by atoms with Gasteiger partial charge < -0.3 is 4.42 Å². The molecule has 0 saturated heterocycles. The van der Waals surface area contributed by atoms with Crippen molar-refractivity contribution in [1.29, 1.82) is 0 Å². The minimum atomic E-state index is -0.728. The molecule has 0 bridgehead atoms. The fraction of sp³-hybridized carbons (Fsp3) is 0.250. The van der Waals surface area contributed by atoms with Crippen LogP contribution in [0.4, 0.5) is 0 Å². The second kappa shape index (κ2) is 4.01. The van der Waals surface area contributed by atoms with E-state index in [-0.39, 0.29) is 11.4 Å². The van der Waals surface area contributed by atoms with Crippen LogP contribution < -0.4 is 5.76 Å². The molecule has 88 valence electrons. The van der Waals surface area contributed by atoms with E-state index in [9.17, 15) is 14.4 Å². The van der Waals surface area contributed by atoms with Crippen molar-refractivity contribution in [1.82, 2.24) is 4.57 Å². The molecular formula is C12H11NO4. The van der Waals surface area contributed by atoms with E-state index in [0.717, 1.165) is 4.57 Å². The minimum absolute atomic E-state index is 0.0369. The molecule has 1 aromatic heterocycles. The molecule has 0 fully saturated rings. The molecule has 0 radical (unpaired) electrons. The molecule has 2 aromatic rings. The van der Waals surface area contributed by atoms with Crippen LogP contribution in [0.2, 0.25) is 0 Å². The van der Waals surface area contributed by atoms with Crippen molar-refractivity contribution in [3.8, 4) is 0 Å². The van der Waals surface area contributed by atoms with Crippen molar-refractivity contribution in [3.63, 3.8) is 0 Å². The number of ketones is 1. The van der Waals surface area contributed by atoms with Crippen molar-refractivity contribution < 1.29 is 14.0 Å². The Morgan fingerprint density at radius 3 is 2.65 bits per heavy atom. The highest BCUT2D eigenvalue weighted by Gasteiger charge is 2.14. The number of oxazole rings is 1. The lowest BCUT2D eigenvalue weighted by molar-refractivity contribution is 0.0932. The van der Waals surface area contributed by atoms with E-state index in [1.165, 1.54) is 13.0 Å². The smallest absolute Gasteiger partial charge is 0.407 e. The Hall–Kier alpha value is -2.17. The predicted molar refractivity (Wildman–Crippen MR) is 61.4 cm³/mol. The number of hydrogen-bond acceptors (Lipinski definition) is 4. The molecule has 2 rings (SSSR count). The molecule has 0 aliphatic rings. The summed E-state index contributed by atoms with van der Waals surface area (Å²) in [5.41, 5.74) is 1.11. The molecule has 0 unspecified atom stereocenters. The summed E-state index contributed by atoms with van der Waals surface area (Å²) < 4.78 is 5.87. The average molecular weight is 233 g/mol. The van der Waals surface area contributed by atoms with Crippen molar-refractivity contribution in [3.05, 3.63) is 34.3 Å². The number of benzene rings is 1. The summed E-state index contributed by atoms with van der Waals surface area (Å²) in [6.07, 6.45) is 0.378. The molecule has 5 nitrogen and oxygen atoms in total. The second-order valence-corrected chi connectivity index (χ2v) is 3.68. The number of Topliss-reactive ketones (excluding diaryl/α,β-unsaturated/α-hetero) is 1. The van der Waals surface area contributed by atoms with Gasteiger partial charge in [0.25, 0.3) is 0 Å². The monoisotopic (exact) mass is 233 g/mol. The van der Waals surface area contributed by atoms with E-state index in [1.807, 2.05) is 0 Å². The molecule has 0 atom stereocenters. The molecule has 1 aromatic carbocycles. The van der Waals surface area contributed by atoms with Crippen LogP contribution in [-0.2, 0) is 0 Å². The maximum Gasteiger partial charge on any atom is 0.426 e. The number of fused-ring (bicyclic) bond motifs is 1. The molecule has 17 heavy (non-hydrogen) atoms. The Morgan fingerprint density at radius 1 is 1.35 bits per heavy atom. The van der Waals surface area contributed by atoms with Gasteiger partial charge in [-0.25, -0.2) is 9.36 Å². The van der Waals surface area contributed by atoms with Crippen molar-refractivity contribution in [2.45, 2.75) is 20.3 Å². The number of carbonyl (C=O) groups is 2. The van der Waals surface area contributed by atoms with Crippen LogP contribution in [-0.4, -0.2) is 16.3 Å². The average Bonchev–Trinajstić information content (AvgIpc) is 2.62. The fourth-order valence-corrected chi connectivity index (χ4v) is 1.69. The first-order valence-corrected chi connectivity index (χ1v) is 5.24. The Kier molecular flexibility index (Phi) is 2.67. The molecule has 0 spiro atoms. The van der Waals surface area contributed by atoms with E-state index in [0.29, 0.717) is 17.5 Å². The molecule has 0 aliphatic heterocycles. The summed E-state index contributed by atoms with van der Waals surface area (Å²) in [5, 5.41) is 0. The minimum Gasteiger partial charge on any atom is -0.407 e. The van der Waals surface area contributed by atoms with Crippen LogP contribution in [0.1, 0.15) is 35.4 Å². The van der Waals surface area contributed by atoms with Crippen LogP contribution in [0.3, 0.4) is 0 Å². The van der Waals surface area contributed by atoms with E-state index in [2.05, 4.69) is 0 Å². The largest absolute Gasteiger partial charge is 0.426 e. The lowest BCUT2D eigenvalue weighted by atomic mass is 10.1. The highest BCUT2D eigenvalue weighted by Crippen LogP contribution is 2.16. The second-order valence-electron chi connectivity index (χ2n) is 3.68. The van der Waals surface area contributed by atoms with Crippen molar-refractivity contribution >= 4 is 22.8 Å². The lowest BCUT2D eigenvalue weighted by Crippen LogP contribution is -2.19. The molecule has 0 N–H and O–H groups in total. The first-order chi connectivity index (χ1) is 8.04. The first-order valence-electron chi connectivity index (χ1n) is 5.24. The van der Waals surface area contributed by atoms with Gasteiger partial charge in [-0.3, -0.25) is 9.59 Å². The Balaban J connectivity index is 2.70. The van der Waals surface area contributed by atoms with E-state index in [1.54, 1.807) is 19.1 Å². The predicted octanol–water partition coefficient (Wildman–Crippen LogP) is 1.85. The van der Waals surface area contributed by atoms with Crippen LogP contribution in [0.15, 0.2) is 27.4 Å². The molecule has 0 aliphatic carbocycles. The highest BCUT2D eigenvalue weighted by atomic mass is 16.4. The third-order valence-corrected chi connectivity index (χ3v) is 2.54. The molecule has 0 saturated carbocycles. The Labute approximate surface area is 96.6 Å². The topological polar surface area (TPSA) is 69.3 Å². The van der Waals surface area contributed by atoms with Gasteiger partial charge >= 0.3 is 5.76 Å². The van der Waals surface area contributed by atoms with Crippen LogP contribution in [0.25, 0.3) is 11.1 Å². The number of hydrogen-bond donors (Lipinski definition) is 0. The van der Waals surface area contributed by atoms with Gasteiger partial charge in [-0.05, 0) is 18.2 Å². The van der Waals surface area contributed by atoms with Crippen molar-refractivity contribution in [2.75, 3.05) is 0 Å². The number of nitrogens with zero attached hydrogens (tertiary/aromatic N) is 1. The first kappa shape index (κ1) is 11.3. The summed E-state index contributed by atoms with van der Waals surface area (Å²) in [5.74, 6) is -1.18. The number of aromatic nitrogens is 1. The Bertz CT molecular complexity index is 663. The maximum atomic E-state index is 11.5. The molecule has 5 heteroatoms. The van der Waals surface area contributed by atoms with Crippen LogP contribution in [0, 0.1) is 0 Å².